The molecule has 1 fully saturated rings. The lowest BCUT2D eigenvalue weighted by atomic mass is 10.1. The molecule has 0 spiro atoms. The lowest BCUT2D eigenvalue weighted by Crippen LogP contribution is -2.64. The van der Waals surface area contributed by atoms with Gasteiger partial charge in [0.05, 0.1) is 13.2 Å². The van der Waals surface area contributed by atoms with Gasteiger partial charge in [0.1, 0.15) is 0 Å². The molecule has 0 saturated carbocycles. The van der Waals surface area contributed by atoms with Crippen molar-refractivity contribution in [1.82, 2.24) is 19.6 Å². The predicted octanol–water partition coefficient (Wildman–Crippen LogP) is 1.97. The van der Waals surface area contributed by atoms with Gasteiger partial charge in [0.2, 0.25) is 5.96 Å². The Labute approximate surface area is 171 Å². The lowest BCUT2D eigenvalue weighted by molar-refractivity contribution is -0.137. The molecule has 3 aliphatic rings. The van der Waals surface area contributed by atoms with E-state index < -0.39 is 12.2 Å². The van der Waals surface area contributed by atoms with Crippen molar-refractivity contribution in [2.75, 3.05) is 27.3 Å². The quantitative estimate of drug-likeness (QED) is 0.760. The van der Waals surface area contributed by atoms with Gasteiger partial charge < -0.3 is 14.5 Å². The molecular weight excluding hydrogens is 370 g/mol. The van der Waals surface area contributed by atoms with Gasteiger partial charge in [-0.05, 0) is 26.3 Å². The minimum absolute atomic E-state index is 0.210. The van der Waals surface area contributed by atoms with Gasteiger partial charge in [0, 0.05) is 32.1 Å². The number of hydrogen-bond donors (Lipinski definition) is 0. The number of guanidine groups is 1. The number of aliphatic imine (C=N–C) groups is 1. The molecule has 0 N–H and O–H groups in total. The molecule has 0 aliphatic carbocycles. The van der Waals surface area contributed by atoms with Crippen LogP contribution in [0.15, 0.2) is 40.7 Å². The van der Waals surface area contributed by atoms with Gasteiger partial charge in [0.15, 0.2) is 12.2 Å². The second-order valence-corrected chi connectivity index (χ2v) is 7.78. The number of carbonyl (C=O) groups is 2. The molecule has 0 aromatic heterocycles. The minimum Gasteiger partial charge on any atom is -0.383 e. The zero-order valence-corrected chi connectivity index (χ0v) is 17.5. The van der Waals surface area contributed by atoms with E-state index >= 15 is 0 Å². The Morgan fingerprint density at radius 2 is 1.72 bits per heavy atom. The number of ether oxygens (including phenoxy) is 1. The van der Waals surface area contributed by atoms with E-state index in [1.165, 1.54) is 4.90 Å². The molecule has 29 heavy (non-hydrogen) atoms. The van der Waals surface area contributed by atoms with Crippen molar-refractivity contribution < 1.29 is 14.3 Å². The van der Waals surface area contributed by atoms with Crippen LogP contribution in [0.2, 0.25) is 0 Å². The summed E-state index contributed by atoms with van der Waals surface area (Å²) in [6.07, 6.45) is -0.521. The number of imide groups is 1. The summed E-state index contributed by atoms with van der Waals surface area (Å²) in [5, 5.41) is 0. The molecule has 1 aromatic carbocycles. The highest BCUT2D eigenvalue weighted by Gasteiger charge is 2.55. The number of allylic oxidation sites excluding steroid dienone is 2. The van der Waals surface area contributed by atoms with Crippen LogP contribution in [0.1, 0.15) is 25.0 Å². The number of benzene rings is 1. The molecular formula is C21H27N5O3. The van der Waals surface area contributed by atoms with Crippen LogP contribution in [0, 0.1) is 6.92 Å². The van der Waals surface area contributed by atoms with Crippen LogP contribution >= 0.6 is 0 Å². The minimum atomic E-state index is -0.541. The molecule has 8 nitrogen and oxygen atoms in total. The average molecular weight is 397 g/mol. The summed E-state index contributed by atoms with van der Waals surface area (Å²) in [6.45, 7) is 7.48. The highest BCUT2D eigenvalue weighted by molar-refractivity contribution is 6.05. The first-order valence-corrected chi connectivity index (χ1v) is 9.80. The van der Waals surface area contributed by atoms with Crippen molar-refractivity contribution in [1.29, 1.82) is 0 Å². The van der Waals surface area contributed by atoms with Crippen molar-refractivity contribution in [2.24, 2.45) is 4.99 Å². The molecule has 2 atom stereocenters. The summed E-state index contributed by atoms with van der Waals surface area (Å²) in [5.74, 6) is 0.510. The predicted molar refractivity (Wildman–Crippen MR) is 109 cm³/mol. The van der Waals surface area contributed by atoms with Crippen molar-refractivity contribution in [2.45, 2.75) is 39.5 Å². The van der Waals surface area contributed by atoms with Crippen LogP contribution in [-0.2, 0) is 16.1 Å². The summed E-state index contributed by atoms with van der Waals surface area (Å²) in [4.78, 5) is 38.1. The van der Waals surface area contributed by atoms with E-state index in [1.54, 1.807) is 19.1 Å². The third kappa shape index (κ3) is 2.98. The fraction of sp³-hybridized carbons (Fsp3) is 0.476. The number of fused-ring (bicyclic) bond motifs is 3. The highest BCUT2D eigenvalue weighted by atomic mass is 16.5. The number of rotatable bonds is 5. The molecule has 8 heteroatoms. The van der Waals surface area contributed by atoms with E-state index in [4.69, 9.17) is 9.73 Å². The molecule has 154 valence electrons. The number of amides is 3. The maximum absolute atomic E-state index is 13.4. The largest absolute Gasteiger partial charge is 0.383 e. The summed E-state index contributed by atoms with van der Waals surface area (Å²) in [6, 6.07) is 7.03. The second-order valence-electron chi connectivity index (χ2n) is 7.78. The Bertz CT molecular complexity index is 907. The molecule has 0 radical (unpaired) electrons. The van der Waals surface area contributed by atoms with E-state index in [0.717, 1.165) is 28.5 Å². The van der Waals surface area contributed by atoms with Gasteiger partial charge >= 0.3 is 6.03 Å². The van der Waals surface area contributed by atoms with Gasteiger partial charge in [0.25, 0.3) is 5.91 Å². The zero-order valence-electron chi connectivity index (χ0n) is 17.5. The standard InChI is InChI=1S/C21H27N5O3/c1-13-6-8-16(9-7-13)12-25-19(27)17-18(23(4)21(25)28)22-20-24(10-11-29-5)14(2)15(3)26(17)20/h6-9,17-18H,10-12H2,1-5H3. The summed E-state index contributed by atoms with van der Waals surface area (Å²) >= 11 is 0. The second kappa shape index (κ2) is 7.18. The number of urea groups is 1. The lowest BCUT2D eigenvalue weighted by Gasteiger charge is -2.40. The Balaban J connectivity index is 1.64. The number of nitrogens with zero attached hydrogens (tertiary/aromatic N) is 5. The molecule has 0 bridgehead atoms. The van der Waals surface area contributed by atoms with Gasteiger partial charge in [-0.25, -0.2) is 9.79 Å². The van der Waals surface area contributed by atoms with Gasteiger partial charge in [-0.2, -0.15) is 0 Å². The van der Waals surface area contributed by atoms with Crippen LogP contribution in [0.4, 0.5) is 4.79 Å². The molecule has 3 heterocycles. The first-order chi connectivity index (χ1) is 13.8. The van der Waals surface area contributed by atoms with E-state index in [9.17, 15) is 9.59 Å². The molecule has 3 amide bonds. The summed E-state index contributed by atoms with van der Waals surface area (Å²) in [5.41, 5.74) is 4.10. The average Bonchev–Trinajstić information content (AvgIpc) is 3.20. The Morgan fingerprint density at radius 3 is 2.38 bits per heavy atom. The van der Waals surface area contributed by atoms with E-state index in [0.29, 0.717) is 13.2 Å². The SMILES string of the molecule is COCCN1C2=NC3C(C(=O)N(Cc4ccc(C)cc4)C(=O)N3C)N2C(C)=C1C. The summed E-state index contributed by atoms with van der Waals surface area (Å²) in [7, 11) is 3.38. The van der Waals surface area contributed by atoms with E-state index in [-0.39, 0.29) is 18.5 Å². The van der Waals surface area contributed by atoms with Crippen molar-refractivity contribution in [3.05, 3.63) is 46.8 Å². The highest BCUT2D eigenvalue weighted by Crippen LogP contribution is 2.37. The Kier molecular flexibility index (Phi) is 4.82. The van der Waals surface area contributed by atoms with E-state index in [1.807, 2.05) is 49.9 Å². The topological polar surface area (TPSA) is 68.7 Å². The zero-order chi connectivity index (χ0) is 20.9. The fourth-order valence-corrected chi connectivity index (χ4v) is 4.15. The van der Waals surface area contributed by atoms with Crippen LogP contribution in [0.3, 0.4) is 0 Å². The Morgan fingerprint density at radius 1 is 1.03 bits per heavy atom. The van der Waals surface area contributed by atoms with Crippen molar-refractivity contribution in [3.63, 3.8) is 0 Å². The number of methoxy groups -OCH3 is 1. The first kappa shape index (κ1) is 19.4. The van der Waals surface area contributed by atoms with Crippen molar-refractivity contribution >= 4 is 17.9 Å². The van der Waals surface area contributed by atoms with E-state index in [2.05, 4.69) is 4.90 Å². The molecule has 1 saturated heterocycles. The maximum atomic E-state index is 13.4. The normalized spacial score (nSPS) is 23.8. The maximum Gasteiger partial charge on any atom is 0.328 e. The van der Waals surface area contributed by atoms with Gasteiger partial charge in [-0.15, -0.1) is 0 Å². The van der Waals surface area contributed by atoms with Crippen LogP contribution in [-0.4, -0.2) is 77.0 Å². The number of aryl methyl sites for hydroxylation is 1. The molecule has 4 rings (SSSR count). The Hall–Kier alpha value is -2.87. The molecule has 2 unspecified atom stereocenters. The number of carbonyl (C=O) groups excluding carboxylic acids is 2. The van der Waals surface area contributed by atoms with Crippen LogP contribution < -0.4 is 0 Å². The monoisotopic (exact) mass is 397 g/mol. The number of likely N-dealkylation sites (N-methyl/N-ethyl adjacent to an activating group) is 1. The first-order valence-electron chi connectivity index (χ1n) is 9.80. The molecule has 3 aliphatic heterocycles. The number of hydrogen-bond acceptors (Lipinski definition) is 6. The fourth-order valence-electron chi connectivity index (χ4n) is 4.15. The van der Waals surface area contributed by atoms with Crippen molar-refractivity contribution in [3.8, 4) is 0 Å². The third-order valence-corrected chi connectivity index (χ3v) is 5.98. The van der Waals surface area contributed by atoms with Crippen LogP contribution in [0.25, 0.3) is 0 Å². The summed E-state index contributed by atoms with van der Waals surface area (Å²) < 4.78 is 5.23. The van der Waals surface area contributed by atoms with Gasteiger partial charge in [-0.3, -0.25) is 14.6 Å². The van der Waals surface area contributed by atoms with Gasteiger partial charge in [-0.1, -0.05) is 29.8 Å². The molecule has 1 aromatic rings. The third-order valence-electron chi connectivity index (χ3n) is 5.98. The smallest absolute Gasteiger partial charge is 0.328 e. The van der Waals surface area contributed by atoms with Crippen LogP contribution in [0.5, 0.6) is 0 Å².